The van der Waals surface area contributed by atoms with Crippen LogP contribution in [0.2, 0.25) is 0 Å². The van der Waals surface area contributed by atoms with Crippen molar-refractivity contribution in [3.05, 3.63) is 76.8 Å². The SMILES string of the molecule is COc1cc(C(N)=O)cc2nc(NC(=O)c3cc(C)nn3CC(C)C)n(C/C=C/Cn3c(NC(=O)C(C=C(C)N)=NCC(C)C)nc4cc(C(N)=O)cc(OCCCN5CCNCC5)c43)c12. The number of aliphatic imine (C=N–C) groups is 1. The van der Waals surface area contributed by atoms with Crippen LogP contribution in [-0.2, 0) is 24.4 Å². The van der Waals surface area contributed by atoms with Crippen LogP contribution < -0.4 is 42.6 Å². The van der Waals surface area contributed by atoms with Crippen LogP contribution in [0.25, 0.3) is 22.1 Å². The molecule has 0 radical (unpaired) electrons. The molecule has 20 heteroatoms. The maximum absolute atomic E-state index is 13.9. The third kappa shape index (κ3) is 12.0. The second-order valence-corrected chi connectivity index (χ2v) is 17.1. The first-order chi connectivity index (χ1) is 31.5. The number of imidazole rings is 2. The normalized spacial score (nSPS) is 14.0. The van der Waals surface area contributed by atoms with Crippen molar-refractivity contribution in [1.82, 2.24) is 39.1 Å². The van der Waals surface area contributed by atoms with Gasteiger partial charge in [0.15, 0.2) is 0 Å². The molecule has 3 aromatic heterocycles. The van der Waals surface area contributed by atoms with Gasteiger partial charge in [-0.2, -0.15) is 5.10 Å². The summed E-state index contributed by atoms with van der Waals surface area (Å²) in [6.45, 7) is 17.7. The van der Waals surface area contributed by atoms with E-state index in [1.54, 1.807) is 45.0 Å². The molecule has 5 aromatic rings. The molecule has 352 valence electrons. The maximum atomic E-state index is 13.9. The number of nitrogens with two attached hydrogens (primary N) is 3. The molecule has 2 aromatic carbocycles. The number of aryl methyl sites for hydroxylation is 1. The first-order valence-electron chi connectivity index (χ1n) is 22.1. The largest absolute Gasteiger partial charge is 0.494 e. The zero-order chi connectivity index (χ0) is 47.7. The minimum Gasteiger partial charge on any atom is -0.494 e. The molecule has 4 heterocycles. The Balaban J connectivity index is 1.39. The van der Waals surface area contributed by atoms with Gasteiger partial charge in [0.25, 0.3) is 11.8 Å². The predicted octanol–water partition coefficient (Wildman–Crippen LogP) is 3.83. The van der Waals surface area contributed by atoms with Gasteiger partial charge in [-0.25, -0.2) is 9.97 Å². The van der Waals surface area contributed by atoms with Gasteiger partial charge in [-0.1, -0.05) is 39.8 Å². The van der Waals surface area contributed by atoms with E-state index >= 15 is 0 Å². The number of primary amides is 2. The number of hydrogen-bond donors (Lipinski definition) is 6. The highest BCUT2D eigenvalue weighted by Gasteiger charge is 2.24. The lowest BCUT2D eigenvalue weighted by atomic mass is 10.1. The van der Waals surface area contributed by atoms with Gasteiger partial charge in [-0.3, -0.25) is 39.5 Å². The third-order valence-corrected chi connectivity index (χ3v) is 10.6. The van der Waals surface area contributed by atoms with Crippen LogP contribution in [0.15, 0.2) is 59.2 Å². The highest BCUT2D eigenvalue weighted by molar-refractivity contribution is 6.47. The summed E-state index contributed by atoms with van der Waals surface area (Å²) < 4.78 is 17.3. The molecular formula is C46H62N14O6. The summed E-state index contributed by atoms with van der Waals surface area (Å²) >= 11 is 0. The Kier molecular flexibility index (Phi) is 15.9. The van der Waals surface area contributed by atoms with Gasteiger partial charge in [-0.15, -0.1) is 0 Å². The first kappa shape index (κ1) is 48.4. The first-order valence-corrected chi connectivity index (χ1v) is 22.1. The number of anilines is 2. The van der Waals surface area contributed by atoms with E-state index in [4.69, 9.17) is 36.6 Å². The Labute approximate surface area is 383 Å². The van der Waals surface area contributed by atoms with E-state index in [-0.39, 0.29) is 53.7 Å². The van der Waals surface area contributed by atoms with Gasteiger partial charge in [0, 0.05) is 75.7 Å². The fourth-order valence-corrected chi connectivity index (χ4v) is 7.55. The molecule has 1 aliphatic rings. The summed E-state index contributed by atoms with van der Waals surface area (Å²) in [4.78, 5) is 69.2. The highest BCUT2D eigenvalue weighted by Crippen LogP contribution is 2.33. The van der Waals surface area contributed by atoms with Crippen LogP contribution in [0.5, 0.6) is 11.5 Å². The molecule has 1 saturated heterocycles. The molecule has 4 amide bonds. The van der Waals surface area contributed by atoms with E-state index in [9.17, 15) is 19.2 Å². The molecule has 0 unspecified atom stereocenters. The molecule has 0 spiro atoms. The summed E-state index contributed by atoms with van der Waals surface area (Å²) in [5.74, 6) is -0.876. The quantitative estimate of drug-likeness (QED) is 0.0349. The van der Waals surface area contributed by atoms with Gasteiger partial charge in [0.2, 0.25) is 23.7 Å². The van der Waals surface area contributed by atoms with Crippen molar-refractivity contribution in [3.8, 4) is 11.5 Å². The number of allylic oxidation sites excluding steroid dienone is 3. The van der Waals surface area contributed by atoms with E-state index in [1.165, 1.54) is 19.3 Å². The molecule has 9 N–H and O–H groups in total. The lowest BCUT2D eigenvalue weighted by Gasteiger charge is -2.27. The monoisotopic (exact) mass is 906 g/mol. The molecule has 0 aliphatic carbocycles. The van der Waals surface area contributed by atoms with Crippen molar-refractivity contribution in [2.45, 2.75) is 67.6 Å². The van der Waals surface area contributed by atoms with E-state index in [2.05, 4.69) is 30.9 Å². The van der Waals surface area contributed by atoms with Gasteiger partial charge in [0.05, 0.1) is 30.4 Å². The molecular weight excluding hydrogens is 845 g/mol. The summed E-state index contributed by atoms with van der Waals surface area (Å²) in [7, 11) is 1.47. The molecule has 20 nitrogen and oxygen atoms in total. The molecule has 1 aliphatic heterocycles. The lowest BCUT2D eigenvalue weighted by molar-refractivity contribution is -0.110. The molecule has 6 rings (SSSR count). The van der Waals surface area contributed by atoms with Crippen LogP contribution >= 0.6 is 0 Å². The molecule has 1 fully saturated rings. The number of nitrogens with one attached hydrogen (secondary N) is 3. The number of nitrogens with zero attached hydrogens (tertiary/aromatic N) is 8. The van der Waals surface area contributed by atoms with Gasteiger partial charge >= 0.3 is 0 Å². The fourth-order valence-electron chi connectivity index (χ4n) is 7.55. The van der Waals surface area contributed by atoms with Crippen molar-refractivity contribution in [3.63, 3.8) is 0 Å². The van der Waals surface area contributed by atoms with Crippen LogP contribution in [0.4, 0.5) is 11.9 Å². The maximum Gasteiger partial charge on any atom is 0.276 e. The van der Waals surface area contributed by atoms with Crippen molar-refractivity contribution in [2.75, 3.05) is 63.6 Å². The standard InChI is InChI=1S/C46H62N14O6/c1-27(2)25-51-35(19-29(5)47)43(63)54-45-53-34-22-32(42(49)62)24-38(66-18-10-13-57-16-11-50-12-17-57)40(34)59(45)15-9-8-14-58-39-33(21-31(41(48)61)23-37(39)65-7)52-46(58)55-44(64)36-20-30(6)56-60(36)26-28(3)4/h8-9,19-24,27-28,50H,10-18,25-26,47H2,1-7H3,(H2,48,61)(H2,49,62)(H,52,55,64)(H,53,54,63)/b9-8+,29-19?,51-35?. The Bertz CT molecular complexity index is 2680. The zero-order valence-electron chi connectivity index (χ0n) is 38.8. The van der Waals surface area contributed by atoms with Crippen LogP contribution in [0.1, 0.15) is 77.9 Å². The Hall–Kier alpha value is -7.06. The minimum atomic E-state index is -0.669. The minimum absolute atomic E-state index is 0.123. The van der Waals surface area contributed by atoms with Gasteiger partial charge in [-0.05, 0) is 68.5 Å². The molecule has 0 bridgehead atoms. The second-order valence-electron chi connectivity index (χ2n) is 17.1. The predicted molar refractivity (Wildman–Crippen MR) is 255 cm³/mol. The summed E-state index contributed by atoms with van der Waals surface area (Å²) in [6, 6.07) is 7.93. The van der Waals surface area contributed by atoms with Crippen LogP contribution in [-0.4, -0.2) is 116 Å². The number of carbonyl (C=O) groups excluding carboxylic acids is 4. The van der Waals surface area contributed by atoms with Crippen LogP contribution in [0.3, 0.4) is 0 Å². The second kappa shape index (κ2) is 21.7. The van der Waals surface area contributed by atoms with Crippen LogP contribution in [0, 0.1) is 18.8 Å². The number of fused-ring (bicyclic) bond motifs is 2. The van der Waals surface area contributed by atoms with Gasteiger partial charge in [0.1, 0.15) is 33.9 Å². The van der Waals surface area contributed by atoms with E-state index in [0.717, 1.165) is 39.1 Å². The smallest absolute Gasteiger partial charge is 0.276 e. The summed E-state index contributed by atoms with van der Waals surface area (Å²) in [5, 5.41) is 13.8. The molecule has 0 atom stereocenters. The number of piperazine rings is 1. The Morgan fingerprint density at radius 3 is 2.00 bits per heavy atom. The Morgan fingerprint density at radius 2 is 1.44 bits per heavy atom. The lowest BCUT2D eigenvalue weighted by Crippen LogP contribution is -2.43. The number of carbonyl (C=O) groups is 4. The van der Waals surface area contributed by atoms with E-state index in [1.807, 2.05) is 46.8 Å². The van der Waals surface area contributed by atoms with Crippen molar-refractivity contribution in [1.29, 1.82) is 0 Å². The number of amides is 4. The number of rotatable bonds is 21. The molecule has 0 saturated carbocycles. The molecule has 66 heavy (non-hydrogen) atoms. The van der Waals surface area contributed by atoms with Crippen molar-refractivity contribution < 1.29 is 28.7 Å². The van der Waals surface area contributed by atoms with E-state index < -0.39 is 23.6 Å². The van der Waals surface area contributed by atoms with Crippen molar-refractivity contribution >= 4 is 63.3 Å². The number of methoxy groups -OCH3 is 1. The number of ether oxygens (including phenoxy) is 2. The highest BCUT2D eigenvalue weighted by atomic mass is 16.5. The van der Waals surface area contributed by atoms with Crippen molar-refractivity contribution in [2.24, 2.45) is 34.0 Å². The third-order valence-electron chi connectivity index (χ3n) is 10.6. The summed E-state index contributed by atoms with van der Waals surface area (Å²) in [6.07, 6.45) is 5.94. The fraction of sp³-hybridized carbons (Fsp3) is 0.435. The average Bonchev–Trinajstić information content (AvgIpc) is 3.93. The zero-order valence-corrected chi connectivity index (χ0v) is 38.8. The van der Waals surface area contributed by atoms with E-state index in [0.29, 0.717) is 70.3 Å². The summed E-state index contributed by atoms with van der Waals surface area (Å²) in [5.41, 5.74) is 21.2. The number of aromatic nitrogens is 6. The number of hydrogen-bond acceptors (Lipinski definition) is 13. The Morgan fingerprint density at radius 1 is 0.848 bits per heavy atom. The average molecular weight is 907 g/mol. The van der Waals surface area contributed by atoms with Gasteiger partial charge < -0.3 is 46.0 Å². The topological polar surface area (TPSA) is 270 Å². The number of benzene rings is 2.